The zero-order valence-corrected chi connectivity index (χ0v) is 35.8. The Morgan fingerprint density at radius 2 is 0.889 bits per heavy atom. The summed E-state index contributed by atoms with van der Waals surface area (Å²) < 4.78 is 32.0. The molecule has 2 atom stereocenters. The fourth-order valence-corrected chi connectivity index (χ4v) is 6.35. The molecule has 9 heteroatoms. The predicted molar refractivity (Wildman–Crippen MR) is 225 cm³/mol. The van der Waals surface area contributed by atoms with Crippen molar-refractivity contribution in [2.75, 3.05) is 20.3 Å². The van der Waals surface area contributed by atoms with Crippen molar-refractivity contribution in [2.45, 2.75) is 206 Å². The molecule has 2 unspecified atom stereocenters. The van der Waals surface area contributed by atoms with Crippen LogP contribution in [-0.4, -0.2) is 43.3 Å². The molecule has 0 amide bonds. The summed E-state index contributed by atoms with van der Waals surface area (Å²) in [5.74, 6) is -0.821. The standard InChI is InChI=1S/C45H81O8P/c1-4-6-8-10-12-14-16-18-20-22-24-26-28-30-32-34-36-38-40-45(47)53-43(42-52-54(48,49)50-3)41-51-44(46)39-37-35-33-31-29-27-25-23-21-19-17-15-13-11-9-7-5-2/h13-16,19-22,43H,4-12,17-18,23-42H2,1-3H3,(H,48,49)/b15-13-,16-14-,21-19-,22-20-. The van der Waals surface area contributed by atoms with Gasteiger partial charge < -0.3 is 14.4 Å². The van der Waals surface area contributed by atoms with E-state index in [0.717, 1.165) is 77.7 Å². The van der Waals surface area contributed by atoms with Crippen molar-refractivity contribution in [3.8, 4) is 0 Å². The average molecular weight is 781 g/mol. The molecule has 0 bridgehead atoms. The zero-order valence-electron chi connectivity index (χ0n) is 34.9. The van der Waals surface area contributed by atoms with Gasteiger partial charge in [-0.3, -0.25) is 18.6 Å². The number of unbranched alkanes of at least 4 members (excludes halogenated alkanes) is 21. The number of phosphoric ester groups is 1. The second-order valence-electron chi connectivity index (χ2n) is 14.5. The summed E-state index contributed by atoms with van der Waals surface area (Å²) in [7, 11) is -3.21. The lowest BCUT2D eigenvalue weighted by molar-refractivity contribution is -0.161. The first kappa shape index (κ1) is 52.0. The number of hydrogen-bond acceptors (Lipinski definition) is 7. The van der Waals surface area contributed by atoms with Gasteiger partial charge in [-0.05, 0) is 77.0 Å². The van der Waals surface area contributed by atoms with E-state index in [1.165, 1.54) is 96.3 Å². The van der Waals surface area contributed by atoms with Crippen LogP contribution in [0.5, 0.6) is 0 Å². The maximum Gasteiger partial charge on any atom is 0.472 e. The van der Waals surface area contributed by atoms with Gasteiger partial charge in [-0.2, -0.15) is 0 Å². The van der Waals surface area contributed by atoms with Gasteiger partial charge in [0.2, 0.25) is 0 Å². The molecular weight excluding hydrogens is 699 g/mol. The monoisotopic (exact) mass is 781 g/mol. The Morgan fingerprint density at radius 3 is 1.33 bits per heavy atom. The maximum atomic E-state index is 12.5. The van der Waals surface area contributed by atoms with Crippen LogP contribution in [0.1, 0.15) is 200 Å². The summed E-state index contributed by atoms with van der Waals surface area (Å²) in [5.41, 5.74) is 0. The van der Waals surface area contributed by atoms with Crippen LogP contribution in [-0.2, 0) is 32.7 Å². The second kappa shape index (κ2) is 40.7. The number of carbonyl (C=O) groups excluding carboxylic acids is 2. The third kappa shape index (κ3) is 39.7. The number of rotatable bonds is 40. The minimum atomic E-state index is -4.27. The second-order valence-corrected chi connectivity index (χ2v) is 16.0. The molecule has 0 aromatic rings. The Morgan fingerprint density at radius 1 is 0.519 bits per heavy atom. The van der Waals surface area contributed by atoms with Crippen LogP contribution in [0.4, 0.5) is 0 Å². The smallest absolute Gasteiger partial charge is 0.462 e. The molecule has 0 rings (SSSR count). The quantitative estimate of drug-likeness (QED) is 0.0283. The summed E-state index contributed by atoms with van der Waals surface area (Å²) in [6, 6.07) is 0. The molecule has 0 fully saturated rings. The molecule has 8 nitrogen and oxygen atoms in total. The normalized spacial score (nSPS) is 13.8. The van der Waals surface area contributed by atoms with Gasteiger partial charge in [0.25, 0.3) is 0 Å². The number of hydrogen-bond donors (Lipinski definition) is 1. The third-order valence-corrected chi connectivity index (χ3v) is 10.2. The largest absolute Gasteiger partial charge is 0.472 e. The van der Waals surface area contributed by atoms with Crippen molar-refractivity contribution in [1.29, 1.82) is 0 Å². The van der Waals surface area contributed by atoms with Crippen LogP contribution in [0, 0.1) is 0 Å². The molecule has 0 aromatic carbocycles. The number of ether oxygens (including phenoxy) is 2. The topological polar surface area (TPSA) is 108 Å². The third-order valence-electron chi connectivity index (χ3n) is 9.30. The molecule has 0 spiro atoms. The van der Waals surface area contributed by atoms with Crippen molar-refractivity contribution in [3.63, 3.8) is 0 Å². The first-order chi connectivity index (χ1) is 26.3. The molecular formula is C45H81O8P. The van der Waals surface area contributed by atoms with Crippen molar-refractivity contribution < 1.29 is 37.6 Å². The van der Waals surface area contributed by atoms with Gasteiger partial charge in [0.15, 0.2) is 6.10 Å². The highest BCUT2D eigenvalue weighted by molar-refractivity contribution is 7.47. The molecule has 0 aliphatic rings. The molecule has 0 radical (unpaired) electrons. The lowest BCUT2D eigenvalue weighted by atomic mass is 10.1. The van der Waals surface area contributed by atoms with Gasteiger partial charge in [0, 0.05) is 20.0 Å². The molecule has 0 aromatic heterocycles. The Labute approximate surface area is 331 Å². The average Bonchev–Trinajstić information content (AvgIpc) is 3.16. The van der Waals surface area contributed by atoms with Crippen LogP contribution >= 0.6 is 7.82 Å². The highest BCUT2D eigenvalue weighted by atomic mass is 31.2. The molecule has 0 saturated heterocycles. The Hall–Kier alpha value is -1.99. The highest BCUT2D eigenvalue weighted by Crippen LogP contribution is 2.42. The van der Waals surface area contributed by atoms with Crippen LogP contribution in [0.15, 0.2) is 48.6 Å². The van der Waals surface area contributed by atoms with Crippen LogP contribution in [0.25, 0.3) is 0 Å². The summed E-state index contributed by atoms with van der Waals surface area (Å²) in [4.78, 5) is 34.5. The summed E-state index contributed by atoms with van der Waals surface area (Å²) in [6.45, 7) is 3.84. The van der Waals surface area contributed by atoms with E-state index < -0.39 is 26.5 Å². The van der Waals surface area contributed by atoms with Gasteiger partial charge in [0.1, 0.15) is 6.61 Å². The minimum Gasteiger partial charge on any atom is -0.462 e. The number of phosphoric acid groups is 1. The van der Waals surface area contributed by atoms with Crippen molar-refractivity contribution in [3.05, 3.63) is 48.6 Å². The SMILES string of the molecule is CCCCC/C=C\C/C=C\CCCCCCCCCC(=O)OCC(COP(=O)(O)OC)OC(=O)CCCCCCCCC/C=C\C/C=C\CCCCCC. The highest BCUT2D eigenvalue weighted by Gasteiger charge is 2.24. The Bertz CT molecular complexity index is 1020. The van der Waals surface area contributed by atoms with E-state index >= 15 is 0 Å². The molecule has 314 valence electrons. The molecule has 0 aliphatic carbocycles. The van der Waals surface area contributed by atoms with Gasteiger partial charge in [0.05, 0.1) is 6.61 Å². The first-order valence-corrected chi connectivity index (χ1v) is 23.3. The van der Waals surface area contributed by atoms with E-state index in [1.807, 2.05) is 0 Å². The molecule has 54 heavy (non-hydrogen) atoms. The lowest BCUT2D eigenvalue weighted by Gasteiger charge is -2.19. The fourth-order valence-electron chi connectivity index (χ4n) is 5.89. The van der Waals surface area contributed by atoms with Crippen LogP contribution in [0.2, 0.25) is 0 Å². The number of esters is 2. The molecule has 1 N–H and O–H groups in total. The van der Waals surface area contributed by atoms with Crippen LogP contribution in [0.3, 0.4) is 0 Å². The summed E-state index contributed by atoms with van der Waals surface area (Å²) in [5, 5.41) is 0. The van der Waals surface area contributed by atoms with E-state index in [1.54, 1.807) is 0 Å². The predicted octanol–water partition coefficient (Wildman–Crippen LogP) is 13.8. The summed E-state index contributed by atoms with van der Waals surface area (Å²) >= 11 is 0. The van der Waals surface area contributed by atoms with E-state index in [-0.39, 0.29) is 25.4 Å². The van der Waals surface area contributed by atoms with Crippen molar-refractivity contribution >= 4 is 19.8 Å². The summed E-state index contributed by atoms with van der Waals surface area (Å²) in [6.07, 6.45) is 48.7. The molecule has 0 saturated carbocycles. The van der Waals surface area contributed by atoms with Crippen LogP contribution < -0.4 is 0 Å². The number of allylic oxidation sites excluding steroid dienone is 8. The van der Waals surface area contributed by atoms with E-state index in [4.69, 9.17) is 14.0 Å². The van der Waals surface area contributed by atoms with Gasteiger partial charge in [-0.15, -0.1) is 0 Å². The van der Waals surface area contributed by atoms with Crippen molar-refractivity contribution in [2.24, 2.45) is 0 Å². The molecule has 0 heterocycles. The Balaban J connectivity index is 4.02. The van der Waals surface area contributed by atoms with E-state index in [9.17, 15) is 19.0 Å². The Kier molecular flexibility index (Phi) is 39.2. The van der Waals surface area contributed by atoms with E-state index in [0.29, 0.717) is 6.42 Å². The maximum absolute atomic E-state index is 12.5. The van der Waals surface area contributed by atoms with E-state index in [2.05, 4.69) is 67.0 Å². The lowest BCUT2D eigenvalue weighted by Crippen LogP contribution is -2.29. The van der Waals surface area contributed by atoms with Crippen molar-refractivity contribution in [1.82, 2.24) is 0 Å². The fraction of sp³-hybridized carbons (Fsp3) is 0.778. The first-order valence-electron chi connectivity index (χ1n) is 21.8. The zero-order chi connectivity index (χ0) is 39.6. The minimum absolute atomic E-state index is 0.233. The molecule has 0 aliphatic heterocycles. The van der Waals surface area contributed by atoms with Gasteiger partial charge >= 0.3 is 19.8 Å². The number of carbonyl (C=O) groups is 2. The van der Waals surface area contributed by atoms with Gasteiger partial charge in [-0.25, -0.2) is 4.57 Å². The van der Waals surface area contributed by atoms with Gasteiger partial charge in [-0.1, -0.05) is 159 Å².